The molecule has 158 valence electrons. The van der Waals surface area contributed by atoms with E-state index < -0.39 is 0 Å². The molecule has 2 bridgehead atoms. The van der Waals surface area contributed by atoms with Gasteiger partial charge in [-0.1, -0.05) is 19.9 Å². The number of halogens is 1. The van der Waals surface area contributed by atoms with Crippen LogP contribution in [-0.2, 0) is 11.3 Å². The lowest BCUT2D eigenvalue weighted by Crippen LogP contribution is -2.55. The SMILES string of the molecule is CCC(CC)NC(=O)CCC[C@H]1NC[C@@H]2C[C@@H]1CN(Cc1cccnc1)C2.Cl. The molecule has 5 nitrogen and oxygen atoms in total. The summed E-state index contributed by atoms with van der Waals surface area (Å²) in [5.41, 5.74) is 1.31. The van der Waals surface area contributed by atoms with E-state index in [4.69, 9.17) is 0 Å². The van der Waals surface area contributed by atoms with Crippen molar-refractivity contribution in [1.29, 1.82) is 0 Å². The molecule has 6 heteroatoms. The number of fused-ring (bicyclic) bond motifs is 2. The predicted octanol–water partition coefficient (Wildman–Crippen LogP) is 3.39. The van der Waals surface area contributed by atoms with Crippen LogP contribution in [0.3, 0.4) is 0 Å². The second-order valence-electron chi connectivity index (χ2n) is 8.41. The average Bonchev–Trinajstić information content (AvgIpc) is 2.68. The Morgan fingerprint density at radius 1 is 1.36 bits per heavy atom. The first-order valence-electron chi connectivity index (χ1n) is 10.8. The van der Waals surface area contributed by atoms with Crippen LogP contribution in [0.2, 0.25) is 0 Å². The van der Waals surface area contributed by atoms with Crippen molar-refractivity contribution in [3.8, 4) is 0 Å². The van der Waals surface area contributed by atoms with Gasteiger partial charge in [0.1, 0.15) is 0 Å². The molecule has 3 atom stereocenters. The van der Waals surface area contributed by atoms with Crippen molar-refractivity contribution in [3.63, 3.8) is 0 Å². The monoisotopic (exact) mass is 408 g/mol. The van der Waals surface area contributed by atoms with Crippen molar-refractivity contribution in [2.24, 2.45) is 11.8 Å². The Morgan fingerprint density at radius 3 is 2.89 bits per heavy atom. The lowest BCUT2D eigenvalue weighted by atomic mass is 9.79. The zero-order chi connectivity index (χ0) is 19.1. The number of carbonyl (C=O) groups is 1. The minimum atomic E-state index is 0. The Labute approximate surface area is 176 Å². The van der Waals surface area contributed by atoms with Gasteiger partial charge in [-0.05, 0) is 62.1 Å². The van der Waals surface area contributed by atoms with Gasteiger partial charge in [-0.15, -0.1) is 12.4 Å². The fourth-order valence-electron chi connectivity index (χ4n) is 4.76. The summed E-state index contributed by atoms with van der Waals surface area (Å²) in [5.74, 6) is 1.69. The van der Waals surface area contributed by atoms with Crippen LogP contribution in [0.4, 0.5) is 0 Å². The average molecular weight is 409 g/mol. The molecule has 1 aromatic heterocycles. The maximum absolute atomic E-state index is 12.1. The second-order valence-corrected chi connectivity index (χ2v) is 8.41. The molecule has 0 unspecified atom stereocenters. The van der Waals surface area contributed by atoms with Gasteiger partial charge in [0.25, 0.3) is 0 Å². The van der Waals surface area contributed by atoms with E-state index in [1.54, 1.807) is 0 Å². The highest BCUT2D eigenvalue weighted by molar-refractivity contribution is 5.85. The van der Waals surface area contributed by atoms with Gasteiger partial charge in [0.05, 0.1) is 0 Å². The van der Waals surface area contributed by atoms with Crippen molar-refractivity contribution in [2.75, 3.05) is 19.6 Å². The van der Waals surface area contributed by atoms with Gasteiger partial charge in [0.15, 0.2) is 0 Å². The maximum atomic E-state index is 12.1. The standard InChI is InChI=1S/C22H36N4O.ClH/c1-3-20(4-2)25-22(27)9-5-8-21-19-11-18(13-24-21)15-26(16-19)14-17-7-6-10-23-12-17;/h6-7,10,12,18-21,24H,3-5,8-9,11,13-16H2,1-2H3,(H,25,27);1H/t18-,19+,21+;/m0./s1. The largest absolute Gasteiger partial charge is 0.353 e. The highest BCUT2D eigenvalue weighted by Crippen LogP contribution is 2.31. The Kier molecular flexibility index (Phi) is 9.69. The third-order valence-corrected chi connectivity index (χ3v) is 6.28. The molecule has 2 N–H and O–H groups in total. The number of rotatable bonds is 9. The summed E-state index contributed by atoms with van der Waals surface area (Å²) in [4.78, 5) is 19.0. The topological polar surface area (TPSA) is 57.3 Å². The molecule has 0 spiro atoms. The summed E-state index contributed by atoms with van der Waals surface area (Å²) in [5, 5.41) is 6.93. The quantitative estimate of drug-likeness (QED) is 0.657. The van der Waals surface area contributed by atoms with Crippen molar-refractivity contribution in [2.45, 2.75) is 71.0 Å². The molecule has 0 aliphatic carbocycles. The molecule has 2 fully saturated rings. The van der Waals surface area contributed by atoms with E-state index in [0.29, 0.717) is 24.4 Å². The summed E-state index contributed by atoms with van der Waals surface area (Å²) in [6, 6.07) is 5.09. The summed E-state index contributed by atoms with van der Waals surface area (Å²) < 4.78 is 0. The van der Waals surface area contributed by atoms with Gasteiger partial charge < -0.3 is 10.6 Å². The number of hydrogen-bond acceptors (Lipinski definition) is 4. The van der Waals surface area contributed by atoms with Crippen LogP contribution in [0.25, 0.3) is 0 Å². The van der Waals surface area contributed by atoms with Crippen molar-refractivity contribution >= 4 is 18.3 Å². The normalized spacial score (nSPS) is 24.6. The molecule has 2 aliphatic heterocycles. The molecule has 28 heavy (non-hydrogen) atoms. The lowest BCUT2D eigenvalue weighted by molar-refractivity contribution is -0.122. The van der Waals surface area contributed by atoms with E-state index in [0.717, 1.165) is 51.2 Å². The number of piperidine rings is 2. The first kappa shape index (κ1) is 23.1. The van der Waals surface area contributed by atoms with Gasteiger partial charge in [0.2, 0.25) is 5.91 Å². The Morgan fingerprint density at radius 2 is 2.18 bits per heavy atom. The molecule has 1 amide bonds. The van der Waals surface area contributed by atoms with Crippen LogP contribution in [-0.4, -0.2) is 47.5 Å². The molecule has 1 aromatic rings. The number of carbonyl (C=O) groups excluding carboxylic acids is 1. The van der Waals surface area contributed by atoms with Gasteiger partial charge in [0, 0.05) is 50.5 Å². The van der Waals surface area contributed by atoms with E-state index in [-0.39, 0.29) is 18.3 Å². The number of pyridine rings is 1. The minimum Gasteiger partial charge on any atom is -0.353 e. The first-order chi connectivity index (χ1) is 13.2. The number of hydrogen-bond donors (Lipinski definition) is 2. The second kappa shape index (κ2) is 11.7. The van der Waals surface area contributed by atoms with Gasteiger partial charge >= 0.3 is 0 Å². The van der Waals surface area contributed by atoms with E-state index in [1.165, 1.54) is 18.5 Å². The van der Waals surface area contributed by atoms with E-state index >= 15 is 0 Å². The molecule has 0 radical (unpaired) electrons. The molecule has 0 saturated carbocycles. The van der Waals surface area contributed by atoms with E-state index in [9.17, 15) is 4.79 Å². The van der Waals surface area contributed by atoms with Crippen LogP contribution in [0, 0.1) is 11.8 Å². The molecule has 0 aromatic carbocycles. The number of likely N-dealkylation sites (tertiary alicyclic amines) is 1. The smallest absolute Gasteiger partial charge is 0.220 e. The molecular formula is C22H37ClN4O. The molecular weight excluding hydrogens is 372 g/mol. The third-order valence-electron chi connectivity index (χ3n) is 6.28. The van der Waals surface area contributed by atoms with E-state index in [2.05, 4.69) is 40.4 Å². The van der Waals surface area contributed by atoms with Crippen LogP contribution >= 0.6 is 12.4 Å². The third kappa shape index (κ3) is 6.71. The van der Waals surface area contributed by atoms with Crippen LogP contribution < -0.4 is 10.6 Å². The Bertz CT molecular complexity index is 581. The highest BCUT2D eigenvalue weighted by atomic mass is 35.5. The molecule has 2 aliphatic rings. The molecule has 2 saturated heterocycles. The van der Waals surface area contributed by atoms with Gasteiger partial charge in [-0.2, -0.15) is 0 Å². The van der Waals surface area contributed by atoms with Crippen LogP contribution in [0.1, 0.15) is 57.9 Å². The molecule has 3 heterocycles. The van der Waals surface area contributed by atoms with Crippen LogP contribution in [0.15, 0.2) is 24.5 Å². The van der Waals surface area contributed by atoms with Gasteiger partial charge in [-0.25, -0.2) is 0 Å². The zero-order valence-electron chi connectivity index (χ0n) is 17.4. The first-order valence-corrected chi connectivity index (χ1v) is 10.8. The fourth-order valence-corrected chi connectivity index (χ4v) is 4.76. The predicted molar refractivity (Wildman–Crippen MR) is 117 cm³/mol. The summed E-state index contributed by atoms with van der Waals surface area (Å²) in [6.45, 7) is 8.73. The van der Waals surface area contributed by atoms with Crippen molar-refractivity contribution < 1.29 is 4.79 Å². The summed E-state index contributed by atoms with van der Waals surface area (Å²) >= 11 is 0. The van der Waals surface area contributed by atoms with E-state index in [1.807, 2.05) is 18.5 Å². The number of nitrogens with one attached hydrogen (secondary N) is 2. The fraction of sp³-hybridized carbons (Fsp3) is 0.727. The van der Waals surface area contributed by atoms with Crippen LogP contribution in [0.5, 0.6) is 0 Å². The zero-order valence-corrected chi connectivity index (χ0v) is 18.2. The maximum Gasteiger partial charge on any atom is 0.220 e. The Balaban J connectivity index is 0.00000280. The number of aromatic nitrogens is 1. The lowest BCUT2D eigenvalue weighted by Gasteiger charge is -2.46. The number of amides is 1. The van der Waals surface area contributed by atoms with Gasteiger partial charge in [-0.3, -0.25) is 14.7 Å². The highest BCUT2D eigenvalue weighted by Gasteiger charge is 2.36. The summed E-state index contributed by atoms with van der Waals surface area (Å²) in [6.07, 6.45) is 9.94. The summed E-state index contributed by atoms with van der Waals surface area (Å²) in [7, 11) is 0. The molecule has 3 rings (SSSR count). The Hall–Kier alpha value is -1.17. The van der Waals surface area contributed by atoms with Crippen molar-refractivity contribution in [1.82, 2.24) is 20.5 Å². The number of nitrogens with zero attached hydrogens (tertiary/aromatic N) is 2. The van der Waals surface area contributed by atoms with Crippen molar-refractivity contribution in [3.05, 3.63) is 30.1 Å². The minimum absolute atomic E-state index is 0.